The first-order valence-corrected chi connectivity index (χ1v) is 9.94. The van der Waals surface area contributed by atoms with Crippen molar-refractivity contribution in [1.29, 1.82) is 0 Å². The molecular formula is C21H28ClN4O+. The largest absolute Gasteiger partial charge is 0.374 e. The normalized spacial score (nSPS) is 16.0. The van der Waals surface area contributed by atoms with Gasteiger partial charge in [0.15, 0.2) is 0 Å². The molecule has 1 saturated heterocycles. The topological polar surface area (TPSA) is 48.8 Å². The van der Waals surface area contributed by atoms with Gasteiger partial charge in [-0.3, -0.25) is 4.79 Å². The van der Waals surface area contributed by atoms with Gasteiger partial charge in [0.2, 0.25) is 5.91 Å². The predicted molar refractivity (Wildman–Crippen MR) is 113 cm³/mol. The van der Waals surface area contributed by atoms with Gasteiger partial charge in [0.05, 0.1) is 32.7 Å². The Morgan fingerprint density at radius 2 is 1.67 bits per heavy atom. The molecule has 5 nitrogen and oxygen atoms in total. The van der Waals surface area contributed by atoms with Crippen LogP contribution in [0.15, 0.2) is 48.5 Å². The molecule has 1 fully saturated rings. The number of hydrogen-bond donors (Lipinski definition) is 3. The molecule has 3 N–H and O–H groups in total. The molecule has 1 aliphatic rings. The van der Waals surface area contributed by atoms with Crippen LogP contribution in [0.4, 0.5) is 17.1 Å². The number of likely N-dealkylation sites (N-methyl/N-ethyl adjacent to an activating group) is 1. The third-order valence-electron chi connectivity index (χ3n) is 5.09. The Morgan fingerprint density at radius 3 is 2.26 bits per heavy atom. The number of carbonyl (C=O) groups is 1. The Kier molecular flexibility index (Phi) is 6.58. The van der Waals surface area contributed by atoms with Gasteiger partial charge in [-0.15, -0.1) is 0 Å². The summed E-state index contributed by atoms with van der Waals surface area (Å²) < 4.78 is 0. The van der Waals surface area contributed by atoms with Gasteiger partial charge in [-0.05, 0) is 62.4 Å². The van der Waals surface area contributed by atoms with E-state index in [1.54, 1.807) is 29.2 Å². The number of anilines is 3. The van der Waals surface area contributed by atoms with Gasteiger partial charge in [-0.2, -0.15) is 0 Å². The second-order valence-corrected chi connectivity index (χ2v) is 7.44. The molecular weight excluding hydrogens is 360 g/mol. The van der Waals surface area contributed by atoms with E-state index < -0.39 is 0 Å². The standard InChI is InChI=1S/C21H27ClN4O/c1-3-25-12-14-26(15-13-25)20-10-8-18(9-11-20)23-16(2)21(27)24-19-6-4-17(22)5-7-19/h4-11,16,23H,3,12-15H2,1-2H3,(H,24,27)/p+1/t16-/m1/s1. The van der Waals surface area contributed by atoms with Crippen molar-refractivity contribution in [3.05, 3.63) is 53.6 Å². The third-order valence-corrected chi connectivity index (χ3v) is 5.34. The van der Waals surface area contributed by atoms with Crippen LogP contribution in [0.2, 0.25) is 5.02 Å². The lowest BCUT2D eigenvalue weighted by atomic mass is 10.2. The lowest BCUT2D eigenvalue weighted by Crippen LogP contribution is -3.14. The fraction of sp³-hybridized carbons (Fsp3) is 0.381. The molecule has 0 aliphatic carbocycles. The van der Waals surface area contributed by atoms with E-state index in [2.05, 4.69) is 34.6 Å². The number of amides is 1. The molecule has 0 spiro atoms. The number of halogens is 1. The number of benzene rings is 2. The molecule has 0 saturated carbocycles. The first kappa shape index (κ1) is 19.5. The van der Waals surface area contributed by atoms with Crippen molar-refractivity contribution in [2.75, 3.05) is 48.3 Å². The zero-order valence-electron chi connectivity index (χ0n) is 16.0. The van der Waals surface area contributed by atoms with Gasteiger partial charge < -0.3 is 20.4 Å². The van der Waals surface area contributed by atoms with E-state index in [4.69, 9.17) is 11.6 Å². The lowest BCUT2D eigenvalue weighted by Gasteiger charge is -2.33. The predicted octanol–water partition coefficient (Wildman–Crippen LogP) is 2.50. The van der Waals surface area contributed by atoms with Crippen LogP contribution in [0.25, 0.3) is 0 Å². The average Bonchev–Trinajstić information content (AvgIpc) is 2.70. The van der Waals surface area contributed by atoms with Gasteiger partial charge in [0, 0.05) is 22.1 Å². The van der Waals surface area contributed by atoms with Crippen LogP contribution in [0.3, 0.4) is 0 Å². The van der Waals surface area contributed by atoms with Crippen LogP contribution in [0, 0.1) is 0 Å². The minimum Gasteiger partial charge on any atom is -0.374 e. The Hall–Kier alpha value is -2.24. The summed E-state index contributed by atoms with van der Waals surface area (Å²) in [6.07, 6.45) is 0. The Balaban J connectivity index is 1.52. The molecule has 0 bridgehead atoms. The summed E-state index contributed by atoms with van der Waals surface area (Å²) in [5.41, 5.74) is 2.92. The molecule has 1 atom stereocenters. The molecule has 3 rings (SSSR count). The Labute approximate surface area is 166 Å². The fourth-order valence-corrected chi connectivity index (χ4v) is 3.43. The lowest BCUT2D eigenvalue weighted by molar-refractivity contribution is -0.898. The summed E-state index contributed by atoms with van der Waals surface area (Å²) in [4.78, 5) is 16.5. The van der Waals surface area contributed by atoms with E-state index in [-0.39, 0.29) is 11.9 Å². The monoisotopic (exact) mass is 387 g/mol. The Morgan fingerprint density at radius 1 is 1.07 bits per heavy atom. The minimum atomic E-state index is -0.344. The van der Waals surface area contributed by atoms with E-state index in [1.807, 2.05) is 19.1 Å². The number of nitrogens with zero attached hydrogens (tertiary/aromatic N) is 1. The van der Waals surface area contributed by atoms with Crippen molar-refractivity contribution < 1.29 is 9.69 Å². The molecule has 0 radical (unpaired) electrons. The number of nitrogens with one attached hydrogen (secondary N) is 3. The van der Waals surface area contributed by atoms with Crippen molar-refractivity contribution in [3.8, 4) is 0 Å². The molecule has 6 heteroatoms. The summed E-state index contributed by atoms with van der Waals surface area (Å²) in [6, 6.07) is 15.1. The molecule has 1 amide bonds. The van der Waals surface area contributed by atoms with Crippen LogP contribution >= 0.6 is 11.6 Å². The van der Waals surface area contributed by atoms with E-state index in [0.717, 1.165) is 24.5 Å². The summed E-state index contributed by atoms with van der Waals surface area (Å²) in [6.45, 7) is 9.87. The van der Waals surface area contributed by atoms with Gasteiger partial charge in [0.25, 0.3) is 0 Å². The second kappa shape index (κ2) is 9.11. The maximum Gasteiger partial charge on any atom is 0.246 e. The summed E-state index contributed by atoms with van der Waals surface area (Å²) in [5.74, 6) is -0.0833. The maximum atomic E-state index is 12.4. The summed E-state index contributed by atoms with van der Waals surface area (Å²) in [5, 5.41) is 6.80. The summed E-state index contributed by atoms with van der Waals surface area (Å²) >= 11 is 5.87. The van der Waals surface area contributed by atoms with E-state index in [9.17, 15) is 4.79 Å². The van der Waals surface area contributed by atoms with Gasteiger partial charge in [-0.25, -0.2) is 0 Å². The molecule has 144 valence electrons. The number of hydrogen-bond acceptors (Lipinski definition) is 3. The van der Waals surface area contributed by atoms with E-state index in [1.165, 1.54) is 25.3 Å². The molecule has 2 aromatic carbocycles. The fourth-order valence-electron chi connectivity index (χ4n) is 3.30. The van der Waals surface area contributed by atoms with E-state index in [0.29, 0.717) is 5.02 Å². The van der Waals surface area contributed by atoms with Crippen LogP contribution in [0.5, 0.6) is 0 Å². The highest BCUT2D eigenvalue weighted by Gasteiger charge is 2.19. The smallest absolute Gasteiger partial charge is 0.246 e. The SMILES string of the molecule is CC[NH+]1CCN(c2ccc(N[C@H](C)C(=O)Nc3ccc(Cl)cc3)cc2)CC1. The third kappa shape index (κ3) is 5.37. The average molecular weight is 388 g/mol. The second-order valence-electron chi connectivity index (χ2n) is 7.00. The highest BCUT2D eigenvalue weighted by Crippen LogP contribution is 2.19. The van der Waals surface area contributed by atoms with Gasteiger partial charge in [-0.1, -0.05) is 11.6 Å². The van der Waals surface area contributed by atoms with Crippen LogP contribution in [-0.4, -0.2) is 44.7 Å². The molecule has 1 aliphatic heterocycles. The number of quaternary nitrogens is 1. The van der Waals surface area contributed by atoms with Crippen molar-refractivity contribution in [2.45, 2.75) is 19.9 Å². The summed E-state index contributed by atoms with van der Waals surface area (Å²) in [7, 11) is 0. The molecule has 2 aromatic rings. The van der Waals surface area contributed by atoms with Crippen molar-refractivity contribution >= 4 is 34.6 Å². The van der Waals surface area contributed by atoms with Crippen molar-refractivity contribution in [3.63, 3.8) is 0 Å². The zero-order valence-corrected chi connectivity index (χ0v) is 16.7. The van der Waals surface area contributed by atoms with Crippen LogP contribution in [-0.2, 0) is 4.79 Å². The van der Waals surface area contributed by atoms with E-state index >= 15 is 0 Å². The van der Waals surface area contributed by atoms with Gasteiger partial charge >= 0.3 is 0 Å². The number of rotatable bonds is 6. The molecule has 0 unspecified atom stereocenters. The van der Waals surface area contributed by atoms with Crippen molar-refractivity contribution in [2.24, 2.45) is 0 Å². The van der Waals surface area contributed by atoms with Crippen molar-refractivity contribution in [1.82, 2.24) is 0 Å². The van der Waals surface area contributed by atoms with Gasteiger partial charge in [0.1, 0.15) is 6.04 Å². The zero-order chi connectivity index (χ0) is 19.2. The minimum absolute atomic E-state index is 0.0833. The van der Waals surface area contributed by atoms with Crippen LogP contribution < -0.4 is 20.4 Å². The highest BCUT2D eigenvalue weighted by atomic mass is 35.5. The molecule has 27 heavy (non-hydrogen) atoms. The first-order valence-electron chi connectivity index (χ1n) is 9.56. The first-order chi connectivity index (χ1) is 13.0. The quantitative estimate of drug-likeness (QED) is 0.713. The van der Waals surface area contributed by atoms with Crippen LogP contribution in [0.1, 0.15) is 13.8 Å². The number of piperazine rings is 1. The molecule has 0 aromatic heterocycles. The highest BCUT2D eigenvalue weighted by molar-refractivity contribution is 6.30. The maximum absolute atomic E-state index is 12.4. The molecule has 1 heterocycles. The number of carbonyl (C=O) groups excluding carboxylic acids is 1. The Bertz CT molecular complexity index is 740.